The van der Waals surface area contributed by atoms with Gasteiger partial charge in [-0.2, -0.15) is 0 Å². The SMILES string of the molecule is CCOCC(C)OCC(Cl)C(=O)O. The Balaban J connectivity index is 3.45. The van der Waals surface area contributed by atoms with Gasteiger partial charge in [0, 0.05) is 6.61 Å². The maximum atomic E-state index is 10.3. The quantitative estimate of drug-likeness (QED) is 0.640. The van der Waals surface area contributed by atoms with Crippen LogP contribution in [0.3, 0.4) is 0 Å². The van der Waals surface area contributed by atoms with E-state index in [0.717, 1.165) is 0 Å². The monoisotopic (exact) mass is 210 g/mol. The third kappa shape index (κ3) is 6.81. The normalized spacial score (nSPS) is 15.3. The van der Waals surface area contributed by atoms with Gasteiger partial charge in [0.15, 0.2) is 5.38 Å². The average molecular weight is 211 g/mol. The van der Waals surface area contributed by atoms with E-state index in [2.05, 4.69) is 0 Å². The highest BCUT2D eigenvalue weighted by molar-refractivity contribution is 6.29. The van der Waals surface area contributed by atoms with Gasteiger partial charge in [0.1, 0.15) is 0 Å². The number of ether oxygens (including phenoxy) is 2. The van der Waals surface area contributed by atoms with Crippen LogP contribution in [0, 0.1) is 0 Å². The summed E-state index contributed by atoms with van der Waals surface area (Å²) in [5.74, 6) is -1.06. The first-order chi connectivity index (χ1) is 6.07. The first-order valence-electron chi connectivity index (χ1n) is 4.14. The Bertz CT molecular complexity index is 151. The minimum Gasteiger partial charge on any atom is -0.480 e. The van der Waals surface area contributed by atoms with Crippen molar-refractivity contribution < 1.29 is 19.4 Å². The molecule has 0 aromatic heterocycles. The summed E-state index contributed by atoms with van der Waals surface area (Å²) in [5.41, 5.74) is 0. The fourth-order valence-corrected chi connectivity index (χ4v) is 0.725. The standard InChI is InChI=1S/C8H15ClO4/c1-3-12-4-6(2)13-5-7(9)8(10)11/h6-7H,3-5H2,1-2H3,(H,10,11). The van der Waals surface area contributed by atoms with E-state index in [0.29, 0.717) is 13.2 Å². The fourth-order valence-electron chi connectivity index (χ4n) is 0.652. The molecular weight excluding hydrogens is 196 g/mol. The Hall–Kier alpha value is -0.320. The maximum Gasteiger partial charge on any atom is 0.324 e. The number of aliphatic carboxylic acids is 1. The molecule has 78 valence electrons. The van der Waals surface area contributed by atoms with Crippen LogP contribution < -0.4 is 0 Å². The van der Waals surface area contributed by atoms with Gasteiger partial charge in [0.25, 0.3) is 0 Å². The Labute approximate surface area is 82.8 Å². The lowest BCUT2D eigenvalue weighted by molar-refractivity contribution is -0.138. The number of carbonyl (C=O) groups is 1. The lowest BCUT2D eigenvalue weighted by atomic mass is 10.4. The second-order valence-corrected chi connectivity index (χ2v) is 3.14. The molecule has 0 aromatic carbocycles. The highest BCUT2D eigenvalue weighted by Crippen LogP contribution is 2.00. The number of hydrogen-bond acceptors (Lipinski definition) is 3. The van der Waals surface area contributed by atoms with E-state index in [-0.39, 0.29) is 12.7 Å². The summed E-state index contributed by atoms with van der Waals surface area (Å²) in [6, 6.07) is 0. The molecule has 4 nitrogen and oxygen atoms in total. The second-order valence-electron chi connectivity index (χ2n) is 2.61. The maximum absolute atomic E-state index is 10.3. The molecule has 0 aliphatic heterocycles. The van der Waals surface area contributed by atoms with E-state index >= 15 is 0 Å². The van der Waals surface area contributed by atoms with Gasteiger partial charge in [-0.25, -0.2) is 0 Å². The highest BCUT2D eigenvalue weighted by atomic mass is 35.5. The van der Waals surface area contributed by atoms with E-state index in [1.54, 1.807) is 6.92 Å². The molecule has 0 amide bonds. The minimum atomic E-state index is -1.06. The number of hydrogen-bond donors (Lipinski definition) is 1. The molecular formula is C8H15ClO4. The molecule has 1 N–H and O–H groups in total. The molecule has 0 bridgehead atoms. The third-order valence-electron chi connectivity index (χ3n) is 1.35. The first kappa shape index (κ1) is 12.7. The van der Waals surface area contributed by atoms with E-state index in [1.165, 1.54) is 0 Å². The molecule has 0 aliphatic rings. The Kier molecular flexibility index (Phi) is 6.94. The molecule has 0 aliphatic carbocycles. The molecule has 0 rings (SSSR count). The Morgan fingerprint density at radius 1 is 1.54 bits per heavy atom. The molecule has 0 saturated carbocycles. The van der Waals surface area contributed by atoms with Crippen molar-refractivity contribution in [2.45, 2.75) is 25.3 Å². The van der Waals surface area contributed by atoms with Crippen molar-refractivity contribution in [3.63, 3.8) is 0 Å². The highest BCUT2D eigenvalue weighted by Gasteiger charge is 2.15. The molecule has 0 spiro atoms. The van der Waals surface area contributed by atoms with Crippen molar-refractivity contribution >= 4 is 17.6 Å². The summed E-state index contributed by atoms with van der Waals surface area (Å²) >= 11 is 5.43. The number of alkyl halides is 1. The van der Waals surface area contributed by atoms with Crippen LogP contribution in [0.15, 0.2) is 0 Å². The predicted molar refractivity (Wildman–Crippen MR) is 49.2 cm³/mol. The van der Waals surface area contributed by atoms with Crippen molar-refractivity contribution in [3.05, 3.63) is 0 Å². The van der Waals surface area contributed by atoms with Gasteiger partial charge >= 0.3 is 5.97 Å². The van der Waals surface area contributed by atoms with Crippen LogP contribution in [-0.4, -0.2) is 42.4 Å². The van der Waals surface area contributed by atoms with Crippen molar-refractivity contribution in [1.29, 1.82) is 0 Å². The molecule has 0 heterocycles. The zero-order valence-electron chi connectivity index (χ0n) is 7.83. The molecule has 0 aromatic rings. The number of carboxylic acid groups (broad SMARTS) is 1. The van der Waals surface area contributed by atoms with Crippen LogP contribution in [0.4, 0.5) is 0 Å². The van der Waals surface area contributed by atoms with Crippen LogP contribution >= 0.6 is 11.6 Å². The van der Waals surface area contributed by atoms with E-state index < -0.39 is 11.3 Å². The topological polar surface area (TPSA) is 55.8 Å². The van der Waals surface area contributed by atoms with Crippen LogP contribution in [0.2, 0.25) is 0 Å². The van der Waals surface area contributed by atoms with Crippen molar-refractivity contribution in [2.75, 3.05) is 19.8 Å². The van der Waals surface area contributed by atoms with Crippen molar-refractivity contribution in [3.8, 4) is 0 Å². The Morgan fingerprint density at radius 2 is 2.15 bits per heavy atom. The molecule has 5 heteroatoms. The molecule has 2 atom stereocenters. The van der Waals surface area contributed by atoms with E-state index in [1.807, 2.05) is 6.92 Å². The molecule has 0 radical (unpaired) electrons. The third-order valence-corrected chi connectivity index (χ3v) is 1.66. The largest absolute Gasteiger partial charge is 0.480 e. The average Bonchev–Trinajstić information content (AvgIpc) is 2.10. The van der Waals surface area contributed by atoms with Crippen LogP contribution in [0.5, 0.6) is 0 Å². The molecule has 2 unspecified atom stereocenters. The lowest BCUT2D eigenvalue weighted by Crippen LogP contribution is -2.25. The van der Waals surface area contributed by atoms with E-state index in [9.17, 15) is 4.79 Å². The van der Waals surface area contributed by atoms with Gasteiger partial charge in [-0.15, -0.1) is 11.6 Å². The van der Waals surface area contributed by atoms with Crippen molar-refractivity contribution in [1.82, 2.24) is 0 Å². The van der Waals surface area contributed by atoms with Gasteiger partial charge in [0.2, 0.25) is 0 Å². The minimum absolute atomic E-state index is 0.00509. The molecule has 0 fully saturated rings. The predicted octanol–water partition coefficient (Wildman–Crippen LogP) is 1.12. The lowest BCUT2D eigenvalue weighted by Gasteiger charge is -2.13. The smallest absolute Gasteiger partial charge is 0.324 e. The van der Waals surface area contributed by atoms with Gasteiger partial charge in [0.05, 0.1) is 19.3 Å². The van der Waals surface area contributed by atoms with Crippen LogP contribution in [0.1, 0.15) is 13.8 Å². The number of carboxylic acids is 1. The summed E-state index contributed by atoms with van der Waals surface area (Å²) < 4.78 is 10.2. The summed E-state index contributed by atoms with van der Waals surface area (Å²) in [6.45, 7) is 4.78. The zero-order valence-corrected chi connectivity index (χ0v) is 8.58. The van der Waals surface area contributed by atoms with Crippen LogP contribution in [-0.2, 0) is 14.3 Å². The van der Waals surface area contributed by atoms with Gasteiger partial charge < -0.3 is 14.6 Å². The summed E-state index contributed by atoms with van der Waals surface area (Å²) in [7, 11) is 0. The zero-order chi connectivity index (χ0) is 10.3. The second kappa shape index (κ2) is 7.12. The van der Waals surface area contributed by atoms with Crippen LogP contribution in [0.25, 0.3) is 0 Å². The molecule has 0 saturated heterocycles. The molecule has 13 heavy (non-hydrogen) atoms. The number of halogens is 1. The Morgan fingerprint density at radius 3 is 2.62 bits per heavy atom. The fraction of sp³-hybridized carbons (Fsp3) is 0.875. The summed E-state index contributed by atoms with van der Waals surface area (Å²) in [5, 5.41) is 7.45. The first-order valence-corrected chi connectivity index (χ1v) is 4.57. The summed E-state index contributed by atoms with van der Waals surface area (Å²) in [4.78, 5) is 10.3. The van der Waals surface area contributed by atoms with Gasteiger partial charge in [-0.3, -0.25) is 4.79 Å². The summed E-state index contributed by atoms with van der Waals surface area (Å²) in [6.07, 6.45) is -0.124. The van der Waals surface area contributed by atoms with E-state index in [4.69, 9.17) is 26.2 Å². The number of rotatable bonds is 7. The van der Waals surface area contributed by atoms with Crippen molar-refractivity contribution in [2.24, 2.45) is 0 Å². The van der Waals surface area contributed by atoms with Gasteiger partial charge in [-0.1, -0.05) is 0 Å². The van der Waals surface area contributed by atoms with Gasteiger partial charge in [-0.05, 0) is 13.8 Å².